The van der Waals surface area contributed by atoms with E-state index in [9.17, 15) is 9.18 Å². The van der Waals surface area contributed by atoms with Crippen LogP contribution in [-0.4, -0.2) is 15.0 Å². The first-order chi connectivity index (χ1) is 12.6. The molecule has 0 bridgehead atoms. The second-order valence-corrected chi connectivity index (χ2v) is 7.24. The fourth-order valence-electron chi connectivity index (χ4n) is 3.43. The normalized spacial score (nSPS) is 11.6. The molecule has 0 spiro atoms. The number of nitrogens with one attached hydrogen (secondary N) is 2. The molecule has 0 aliphatic rings. The number of hydrogen-bond donors (Lipinski definition) is 2. The highest BCUT2D eigenvalue weighted by molar-refractivity contribution is 14.1. The van der Waals surface area contributed by atoms with Crippen molar-refractivity contribution in [3.8, 4) is 11.4 Å². The highest BCUT2D eigenvalue weighted by Crippen LogP contribution is 2.34. The summed E-state index contributed by atoms with van der Waals surface area (Å²) in [6, 6.07) is 14.2. The van der Waals surface area contributed by atoms with Gasteiger partial charge in [-0.15, -0.1) is 0 Å². The maximum atomic E-state index is 13.9. The minimum atomic E-state index is -0.376. The summed E-state index contributed by atoms with van der Waals surface area (Å²) in [5, 5.41) is 2.51. The van der Waals surface area contributed by atoms with E-state index in [1.165, 1.54) is 12.1 Å². The van der Waals surface area contributed by atoms with Gasteiger partial charge >= 0.3 is 0 Å². The molecule has 5 aromatic rings. The Hall–Kier alpha value is -2.74. The predicted octanol–water partition coefficient (Wildman–Crippen LogP) is 4.97. The molecular formula is C20H11FIN3O. The van der Waals surface area contributed by atoms with Gasteiger partial charge in [0, 0.05) is 31.5 Å². The molecule has 0 fully saturated rings. The first-order valence-corrected chi connectivity index (χ1v) is 9.08. The van der Waals surface area contributed by atoms with Crippen LogP contribution in [0.3, 0.4) is 0 Å². The zero-order chi connectivity index (χ0) is 17.8. The van der Waals surface area contributed by atoms with Crippen molar-refractivity contribution in [2.75, 3.05) is 0 Å². The molecule has 0 saturated carbocycles. The molecule has 6 heteroatoms. The number of benzene rings is 3. The predicted molar refractivity (Wildman–Crippen MR) is 110 cm³/mol. The lowest BCUT2D eigenvalue weighted by molar-refractivity contribution is 0.630. The van der Waals surface area contributed by atoms with E-state index in [0.717, 1.165) is 25.9 Å². The van der Waals surface area contributed by atoms with Crippen molar-refractivity contribution in [3.63, 3.8) is 0 Å². The van der Waals surface area contributed by atoms with E-state index < -0.39 is 0 Å². The van der Waals surface area contributed by atoms with Gasteiger partial charge in [-0.2, -0.15) is 0 Å². The van der Waals surface area contributed by atoms with Crippen LogP contribution < -0.4 is 5.56 Å². The molecule has 0 aliphatic carbocycles. The summed E-state index contributed by atoms with van der Waals surface area (Å²) in [6.07, 6.45) is 1.59. The van der Waals surface area contributed by atoms with Crippen LogP contribution in [0.5, 0.6) is 0 Å². The van der Waals surface area contributed by atoms with Crippen LogP contribution in [0.25, 0.3) is 44.0 Å². The minimum Gasteiger partial charge on any atom is -0.337 e. The van der Waals surface area contributed by atoms with E-state index in [-0.39, 0.29) is 11.4 Å². The van der Waals surface area contributed by atoms with E-state index in [1.807, 2.05) is 30.3 Å². The zero-order valence-corrected chi connectivity index (χ0v) is 15.5. The zero-order valence-electron chi connectivity index (χ0n) is 13.3. The van der Waals surface area contributed by atoms with Crippen molar-refractivity contribution in [1.82, 2.24) is 15.0 Å². The Balaban J connectivity index is 2.02. The lowest BCUT2D eigenvalue weighted by Gasteiger charge is -2.05. The van der Waals surface area contributed by atoms with E-state index in [0.29, 0.717) is 21.7 Å². The van der Waals surface area contributed by atoms with Crippen molar-refractivity contribution >= 4 is 55.2 Å². The van der Waals surface area contributed by atoms with Crippen LogP contribution in [0.4, 0.5) is 4.39 Å². The number of H-pyrrole nitrogens is 2. The lowest BCUT2D eigenvalue weighted by Crippen LogP contribution is -2.05. The number of pyridine rings is 1. The standard InChI is InChI=1S/C20H11FIN3O/c21-10-5-6-11-14(9-10)16-13(7-8-23-20(16)26)18-17(11)24-19(25-18)12-3-1-2-4-15(12)22/h1-9H,(H,23,26)(H,24,25). The van der Waals surface area contributed by atoms with E-state index >= 15 is 0 Å². The summed E-state index contributed by atoms with van der Waals surface area (Å²) in [4.78, 5) is 23.3. The van der Waals surface area contributed by atoms with Crippen molar-refractivity contribution < 1.29 is 4.39 Å². The Kier molecular flexibility index (Phi) is 3.36. The lowest BCUT2D eigenvalue weighted by atomic mass is 10.0. The van der Waals surface area contributed by atoms with Gasteiger partial charge in [-0.1, -0.05) is 18.2 Å². The Morgan fingerprint density at radius 3 is 2.69 bits per heavy atom. The molecule has 0 atom stereocenters. The van der Waals surface area contributed by atoms with Crippen LogP contribution in [0.1, 0.15) is 0 Å². The summed E-state index contributed by atoms with van der Waals surface area (Å²) in [5.74, 6) is 0.349. The third-order valence-electron chi connectivity index (χ3n) is 4.57. The highest BCUT2D eigenvalue weighted by atomic mass is 127. The van der Waals surface area contributed by atoms with Gasteiger partial charge in [-0.05, 0) is 52.9 Å². The number of hydrogen-bond acceptors (Lipinski definition) is 2. The third kappa shape index (κ3) is 2.18. The van der Waals surface area contributed by atoms with Crippen molar-refractivity contribution in [3.05, 3.63) is 74.5 Å². The summed E-state index contributed by atoms with van der Waals surface area (Å²) < 4.78 is 15.0. The molecule has 0 radical (unpaired) electrons. The number of halogens is 2. The maximum Gasteiger partial charge on any atom is 0.256 e. The minimum absolute atomic E-state index is 0.251. The molecule has 2 aromatic heterocycles. The van der Waals surface area contributed by atoms with Crippen LogP contribution in [0.2, 0.25) is 0 Å². The molecule has 126 valence electrons. The fraction of sp³-hybridized carbons (Fsp3) is 0. The second-order valence-electron chi connectivity index (χ2n) is 6.07. The van der Waals surface area contributed by atoms with Crippen LogP contribution in [0, 0.1) is 9.39 Å². The molecule has 2 heterocycles. The third-order valence-corrected chi connectivity index (χ3v) is 5.51. The van der Waals surface area contributed by atoms with Gasteiger partial charge in [0.15, 0.2) is 0 Å². The van der Waals surface area contributed by atoms with Gasteiger partial charge < -0.3 is 9.97 Å². The SMILES string of the molecule is O=c1[nH]ccc2c3nc(-c4ccccc4I)[nH]c3c3ccc(F)cc3c12. The number of nitrogens with zero attached hydrogens (tertiary/aromatic N) is 1. The Morgan fingerprint density at radius 1 is 1.00 bits per heavy atom. The number of aromatic nitrogens is 3. The Morgan fingerprint density at radius 2 is 1.85 bits per heavy atom. The summed E-state index contributed by atoms with van der Waals surface area (Å²) in [7, 11) is 0. The molecule has 3 aromatic carbocycles. The molecule has 0 unspecified atom stereocenters. The molecule has 0 amide bonds. The van der Waals surface area contributed by atoms with Crippen LogP contribution in [0.15, 0.2) is 59.5 Å². The summed E-state index contributed by atoms with van der Waals surface area (Å²) >= 11 is 2.27. The molecule has 4 nitrogen and oxygen atoms in total. The van der Waals surface area contributed by atoms with Gasteiger partial charge in [0.1, 0.15) is 11.6 Å². The fourth-order valence-corrected chi connectivity index (χ4v) is 4.07. The summed E-state index contributed by atoms with van der Waals surface area (Å²) in [6.45, 7) is 0. The molecule has 26 heavy (non-hydrogen) atoms. The van der Waals surface area contributed by atoms with Gasteiger partial charge in [0.2, 0.25) is 0 Å². The Bertz CT molecular complexity index is 1390. The highest BCUT2D eigenvalue weighted by Gasteiger charge is 2.16. The number of aromatic amines is 2. The first-order valence-electron chi connectivity index (χ1n) is 8.01. The average molecular weight is 455 g/mol. The van der Waals surface area contributed by atoms with Crippen LogP contribution >= 0.6 is 22.6 Å². The van der Waals surface area contributed by atoms with Crippen molar-refractivity contribution in [2.45, 2.75) is 0 Å². The Labute approximate surface area is 160 Å². The van der Waals surface area contributed by atoms with Gasteiger partial charge in [-0.3, -0.25) is 4.79 Å². The number of rotatable bonds is 1. The maximum absolute atomic E-state index is 13.9. The van der Waals surface area contributed by atoms with Gasteiger partial charge in [0.05, 0.1) is 16.4 Å². The van der Waals surface area contributed by atoms with Crippen LogP contribution in [-0.2, 0) is 0 Å². The van der Waals surface area contributed by atoms with E-state index in [4.69, 9.17) is 4.98 Å². The van der Waals surface area contributed by atoms with E-state index in [1.54, 1.807) is 12.3 Å². The molecular weight excluding hydrogens is 444 g/mol. The smallest absolute Gasteiger partial charge is 0.256 e. The molecule has 2 N–H and O–H groups in total. The second kappa shape index (κ2) is 5.63. The largest absolute Gasteiger partial charge is 0.337 e. The van der Waals surface area contributed by atoms with Gasteiger partial charge in [-0.25, -0.2) is 9.37 Å². The quantitative estimate of drug-likeness (QED) is 0.277. The number of imidazole rings is 1. The average Bonchev–Trinajstić information content (AvgIpc) is 3.07. The summed E-state index contributed by atoms with van der Waals surface area (Å²) in [5.41, 5.74) is 2.24. The number of fused-ring (bicyclic) bond motifs is 6. The van der Waals surface area contributed by atoms with Gasteiger partial charge in [0.25, 0.3) is 5.56 Å². The molecule has 5 rings (SSSR count). The van der Waals surface area contributed by atoms with Crippen molar-refractivity contribution in [1.29, 1.82) is 0 Å². The monoisotopic (exact) mass is 455 g/mol. The molecule has 0 aliphatic heterocycles. The van der Waals surface area contributed by atoms with Crippen molar-refractivity contribution in [2.24, 2.45) is 0 Å². The first kappa shape index (κ1) is 15.5. The van der Waals surface area contributed by atoms with E-state index in [2.05, 4.69) is 32.6 Å². The topological polar surface area (TPSA) is 61.5 Å². The molecule has 0 saturated heterocycles.